The molecule has 1 rings (SSSR count). The smallest absolute Gasteiger partial charge is 0.112 e. The molecule has 0 aromatic carbocycles. The maximum atomic E-state index is 5.19. The molecule has 1 aliphatic rings. The first-order valence-electron chi connectivity index (χ1n) is 2.92. The molecule has 0 aliphatic carbocycles. The van der Waals surface area contributed by atoms with Crippen molar-refractivity contribution < 1.29 is 4.74 Å². The molecule has 1 fully saturated rings. The second-order valence-electron chi connectivity index (χ2n) is 1.85. The van der Waals surface area contributed by atoms with Crippen molar-refractivity contribution in [2.24, 2.45) is 0 Å². The van der Waals surface area contributed by atoms with Crippen LogP contribution in [0.25, 0.3) is 0 Å². The molecule has 1 N–H and O–H groups in total. The van der Waals surface area contributed by atoms with Crippen LogP contribution in [-0.4, -0.2) is 13.7 Å². The molecule has 0 unspecified atom stereocenters. The Labute approximate surface area is 49.5 Å². The molecule has 8 heavy (non-hydrogen) atoms. The standard InChI is InChI=1S/C6H11NO/c1-7-5-6-3-2-4-8-6/h5,7H,2-4H2,1H3/b6-5-. The van der Waals surface area contributed by atoms with E-state index in [0.29, 0.717) is 0 Å². The van der Waals surface area contributed by atoms with Gasteiger partial charge >= 0.3 is 0 Å². The quantitative estimate of drug-likeness (QED) is 0.544. The van der Waals surface area contributed by atoms with Crippen LogP contribution in [0.15, 0.2) is 12.0 Å². The second-order valence-corrected chi connectivity index (χ2v) is 1.85. The number of hydrogen-bond donors (Lipinski definition) is 1. The van der Waals surface area contributed by atoms with Gasteiger partial charge < -0.3 is 10.1 Å². The highest BCUT2D eigenvalue weighted by atomic mass is 16.5. The maximum absolute atomic E-state index is 5.19. The largest absolute Gasteiger partial charge is 0.496 e. The molecule has 0 amide bonds. The first-order valence-corrected chi connectivity index (χ1v) is 2.92. The Morgan fingerprint density at radius 2 is 2.62 bits per heavy atom. The van der Waals surface area contributed by atoms with Crippen molar-refractivity contribution in [1.29, 1.82) is 0 Å². The highest BCUT2D eigenvalue weighted by molar-refractivity contribution is 4.93. The van der Waals surface area contributed by atoms with Crippen LogP contribution in [0, 0.1) is 0 Å². The normalized spacial score (nSPS) is 23.4. The Kier molecular flexibility index (Phi) is 1.78. The molecule has 0 saturated carbocycles. The van der Waals surface area contributed by atoms with Crippen molar-refractivity contribution in [2.75, 3.05) is 13.7 Å². The second kappa shape index (κ2) is 2.60. The molecule has 1 saturated heterocycles. The van der Waals surface area contributed by atoms with Gasteiger partial charge in [-0.1, -0.05) is 0 Å². The fraction of sp³-hybridized carbons (Fsp3) is 0.667. The van der Waals surface area contributed by atoms with Crippen molar-refractivity contribution >= 4 is 0 Å². The minimum Gasteiger partial charge on any atom is -0.496 e. The summed E-state index contributed by atoms with van der Waals surface area (Å²) < 4.78 is 5.19. The molecule has 2 heteroatoms. The summed E-state index contributed by atoms with van der Waals surface area (Å²) in [4.78, 5) is 0. The number of hydrogen-bond acceptors (Lipinski definition) is 2. The van der Waals surface area contributed by atoms with E-state index in [1.54, 1.807) is 0 Å². The van der Waals surface area contributed by atoms with Gasteiger partial charge in [-0.15, -0.1) is 0 Å². The van der Waals surface area contributed by atoms with E-state index in [0.717, 1.165) is 18.8 Å². The summed E-state index contributed by atoms with van der Waals surface area (Å²) in [5.41, 5.74) is 0. The zero-order chi connectivity index (χ0) is 5.82. The van der Waals surface area contributed by atoms with E-state index in [4.69, 9.17) is 4.74 Å². The summed E-state index contributed by atoms with van der Waals surface area (Å²) in [6.45, 7) is 0.896. The lowest BCUT2D eigenvalue weighted by molar-refractivity contribution is 0.261. The third-order valence-electron chi connectivity index (χ3n) is 1.16. The lowest BCUT2D eigenvalue weighted by Crippen LogP contribution is -1.94. The highest BCUT2D eigenvalue weighted by Crippen LogP contribution is 2.13. The number of ether oxygens (including phenoxy) is 1. The van der Waals surface area contributed by atoms with Crippen LogP contribution in [0.2, 0.25) is 0 Å². The number of rotatable bonds is 1. The van der Waals surface area contributed by atoms with Gasteiger partial charge in [-0.2, -0.15) is 0 Å². The van der Waals surface area contributed by atoms with Gasteiger partial charge in [0.2, 0.25) is 0 Å². The monoisotopic (exact) mass is 113 g/mol. The molecule has 1 aliphatic heterocycles. The van der Waals surface area contributed by atoms with Gasteiger partial charge in [0.15, 0.2) is 0 Å². The average Bonchev–Trinajstić information content (AvgIpc) is 2.19. The third kappa shape index (κ3) is 1.15. The van der Waals surface area contributed by atoms with Crippen LogP contribution in [0.4, 0.5) is 0 Å². The van der Waals surface area contributed by atoms with Crippen molar-refractivity contribution in [3.63, 3.8) is 0 Å². The first kappa shape index (κ1) is 5.48. The van der Waals surface area contributed by atoms with Gasteiger partial charge in [-0.05, 0) is 6.42 Å². The Balaban J connectivity index is 2.33. The summed E-state index contributed by atoms with van der Waals surface area (Å²) in [7, 11) is 1.88. The van der Waals surface area contributed by atoms with Crippen molar-refractivity contribution in [2.45, 2.75) is 12.8 Å². The first-order chi connectivity index (χ1) is 3.93. The van der Waals surface area contributed by atoms with E-state index in [2.05, 4.69) is 5.32 Å². The Hall–Kier alpha value is -0.660. The number of allylic oxidation sites excluding steroid dienone is 1. The average molecular weight is 113 g/mol. The molecule has 1 heterocycles. The Morgan fingerprint density at radius 1 is 1.75 bits per heavy atom. The van der Waals surface area contributed by atoms with E-state index in [-0.39, 0.29) is 0 Å². The van der Waals surface area contributed by atoms with Crippen LogP contribution in [0.3, 0.4) is 0 Å². The molecular formula is C6H11NO. The van der Waals surface area contributed by atoms with Crippen molar-refractivity contribution in [1.82, 2.24) is 5.32 Å². The van der Waals surface area contributed by atoms with Crippen LogP contribution < -0.4 is 5.32 Å². The molecule has 0 atom stereocenters. The van der Waals surface area contributed by atoms with Gasteiger partial charge in [0.05, 0.1) is 6.61 Å². The molecule has 0 radical (unpaired) electrons. The fourth-order valence-electron chi connectivity index (χ4n) is 0.797. The summed E-state index contributed by atoms with van der Waals surface area (Å²) in [6.07, 6.45) is 4.18. The van der Waals surface area contributed by atoms with Gasteiger partial charge in [-0.3, -0.25) is 0 Å². The SMILES string of the molecule is CN/C=C1/CCCO1. The summed E-state index contributed by atoms with van der Waals surface area (Å²) in [5.74, 6) is 1.09. The van der Waals surface area contributed by atoms with Gasteiger partial charge in [0.25, 0.3) is 0 Å². The van der Waals surface area contributed by atoms with Crippen LogP contribution in [0.5, 0.6) is 0 Å². The minimum atomic E-state index is 0.896. The summed E-state index contributed by atoms with van der Waals surface area (Å²) >= 11 is 0. The Morgan fingerprint density at radius 3 is 3.12 bits per heavy atom. The lowest BCUT2D eigenvalue weighted by atomic mass is 10.3. The van der Waals surface area contributed by atoms with Gasteiger partial charge in [-0.25, -0.2) is 0 Å². The summed E-state index contributed by atoms with van der Waals surface area (Å²) in [5, 5.41) is 2.92. The molecule has 0 spiro atoms. The van der Waals surface area contributed by atoms with E-state index >= 15 is 0 Å². The van der Waals surface area contributed by atoms with Crippen LogP contribution in [-0.2, 0) is 4.74 Å². The predicted molar refractivity (Wildman–Crippen MR) is 32.3 cm³/mol. The molecule has 0 aromatic rings. The molecular weight excluding hydrogens is 102 g/mol. The Bertz CT molecular complexity index is 90.7. The zero-order valence-corrected chi connectivity index (χ0v) is 5.11. The molecule has 46 valence electrons. The van der Waals surface area contributed by atoms with Gasteiger partial charge in [0.1, 0.15) is 5.76 Å². The van der Waals surface area contributed by atoms with E-state index < -0.39 is 0 Å². The lowest BCUT2D eigenvalue weighted by Gasteiger charge is -1.94. The van der Waals surface area contributed by atoms with Crippen LogP contribution in [0.1, 0.15) is 12.8 Å². The zero-order valence-electron chi connectivity index (χ0n) is 5.11. The fourth-order valence-corrected chi connectivity index (χ4v) is 0.797. The number of nitrogens with one attached hydrogen (secondary N) is 1. The molecule has 0 bridgehead atoms. The minimum absolute atomic E-state index is 0.896. The van der Waals surface area contributed by atoms with Crippen molar-refractivity contribution in [3.05, 3.63) is 12.0 Å². The molecule has 0 aromatic heterocycles. The van der Waals surface area contributed by atoms with E-state index in [9.17, 15) is 0 Å². The van der Waals surface area contributed by atoms with Crippen molar-refractivity contribution in [3.8, 4) is 0 Å². The van der Waals surface area contributed by atoms with Gasteiger partial charge in [0, 0.05) is 19.7 Å². The third-order valence-corrected chi connectivity index (χ3v) is 1.16. The topological polar surface area (TPSA) is 21.3 Å². The van der Waals surface area contributed by atoms with E-state index in [1.807, 2.05) is 13.2 Å². The highest BCUT2D eigenvalue weighted by Gasteiger charge is 2.04. The van der Waals surface area contributed by atoms with E-state index in [1.165, 1.54) is 6.42 Å². The maximum Gasteiger partial charge on any atom is 0.112 e. The summed E-state index contributed by atoms with van der Waals surface area (Å²) in [6, 6.07) is 0. The van der Waals surface area contributed by atoms with Crippen LogP contribution >= 0.6 is 0 Å². The molecule has 2 nitrogen and oxygen atoms in total. The predicted octanol–water partition coefficient (Wildman–Crippen LogP) is 0.858.